The summed E-state index contributed by atoms with van der Waals surface area (Å²) in [6, 6.07) is 16.7. The van der Waals surface area contributed by atoms with E-state index in [1.807, 2.05) is 20.8 Å². The third-order valence-corrected chi connectivity index (χ3v) is 8.57. The van der Waals surface area contributed by atoms with Gasteiger partial charge in [0.1, 0.15) is 18.3 Å². The number of rotatable bonds is 11. The van der Waals surface area contributed by atoms with E-state index in [4.69, 9.17) is 27.9 Å². The SMILES string of the molecule is COc1ccc(Cl)cc1N(CC(=O)N(Cc1ccccc1Cl)C(C)C(=O)NC(C)C)S(=O)(=O)c1ccc(C)cc1. The number of sulfonamides is 1. The van der Waals surface area contributed by atoms with Gasteiger partial charge in [-0.2, -0.15) is 0 Å². The summed E-state index contributed by atoms with van der Waals surface area (Å²) in [5, 5.41) is 3.48. The summed E-state index contributed by atoms with van der Waals surface area (Å²) in [5.41, 5.74) is 1.56. The average Bonchev–Trinajstić information content (AvgIpc) is 2.90. The predicted octanol–water partition coefficient (Wildman–Crippen LogP) is 5.45. The molecule has 2 amide bonds. The van der Waals surface area contributed by atoms with Crippen molar-refractivity contribution in [1.82, 2.24) is 10.2 Å². The molecule has 3 aromatic rings. The molecule has 0 spiro atoms. The number of hydrogen-bond donors (Lipinski definition) is 1. The molecule has 8 nitrogen and oxygen atoms in total. The van der Waals surface area contributed by atoms with Crippen LogP contribution in [0.1, 0.15) is 31.9 Å². The zero-order chi connectivity index (χ0) is 29.6. The summed E-state index contributed by atoms with van der Waals surface area (Å²) in [7, 11) is -2.88. The minimum absolute atomic E-state index is 0.0174. The number of carbonyl (C=O) groups excluding carboxylic acids is 2. The van der Waals surface area contributed by atoms with Crippen molar-refractivity contribution in [3.05, 3.63) is 87.9 Å². The quantitative estimate of drug-likeness (QED) is 0.313. The van der Waals surface area contributed by atoms with Gasteiger partial charge < -0.3 is 15.0 Å². The molecule has 3 aromatic carbocycles. The van der Waals surface area contributed by atoms with Crippen molar-refractivity contribution < 1.29 is 22.7 Å². The molecule has 0 radical (unpaired) electrons. The maximum atomic E-state index is 14.0. The van der Waals surface area contributed by atoms with E-state index in [1.54, 1.807) is 49.4 Å². The van der Waals surface area contributed by atoms with Gasteiger partial charge in [0.2, 0.25) is 11.8 Å². The minimum atomic E-state index is -4.27. The number of ether oxygens (including phenoxy) is 1. The lowest BCUT2D eigenvalue weighted by Crippen LogP contribution is -2.52. The van der Waals surface area contributed by atoms with Crippen LogP contribution in [-0.2, 0) is 26.2 Å². The van der Waals surface area contributed by atoms with Crippen molar-refractivity contribution >= 4 is 50.7 Å². The lowest BCUT2D eigenvalue weighted by molar-refractivity contribution is -0.139. The van der Waals surface area contributed by atoms with Gasteiger partial charge in [-0.25, -0.2) is 8.42 Å². The third-order valence-electron chi connectivity index (χ3n) is 6.19. The van der Waals surface area contributed by atoms with Crippen LogP contribution in [0.2, 0.25) is 10.0 Å². The first kappa shape index (κ1) is 31.3. The van der Waals surface area contributed by atoms with Crippen molar-refractivity contribution in [3.63, 3.8) is 0 Å². The second kappa shape index (κ2) is 13.4. The number of nitrogens with one attached hydrogen (secondary N) is 1. The molecule has 0 heterocycles. The van der Waals surface area contributed by atoms with E-state index in [0.717, 1.165) is 9.87 Å². The first-order valence-electron chi connectivity index (χ1n) is 12.6. The maximum Gasteiger partial charge on any atom is 0.264 e. The van der Waals surface area contributed by atoms with Crippen molar-refractivity contribution in [2.45, 2.75) is 51.2 Å². The second-order valence-corrected chi connectivity index (χ2v) is 12.3. The zero-order valence-corrected chi connectivity index (χ0v) is 25.3. The van der Waals surface area contributed by atoms with Crippen LogP contribution >= 0.6 is 23.2 Å². The first-order chi connectivity index (χ1) is 18.8. The number of benzene rings is 3. The van der Waals surface area contributed by atoms with Crippen LogP contribution in [0, 0.1) is 6.92 Å². The van der Waals surface area contributed by atoms with Crippen LogP contribution in [0.5, 0.6) is 5.75 Å². The van der Waals surface area contributed by atoms with Gasteiger partial charge in [0, 0.05) is 22.6 Å². The minimum Gasteiger partial charge on any atom is -0.495 e. The number of methoxy groups -OCH3 is 1. The second-order valence-electron chi connectivity index (χ2n) is 9.59. The third kappa shape index (κ3) is 7.47. The molecule has 0 bridgehead atoms. The molecule has 0 aliphatic rings. The van der Waals surface area contributed by atoms with Crippen LogP contribution in [0.4, 0.5) is 5.69 Å². The number of amides is 2. The Morgan fingerprint density at radius 1 is 0.975 bits per heavy atom. The number of nitrogens with zero attached hydrogens (tertiary/aromatic N) is 2. The Balaban J connectivity index is 2.12. The number of carbonyl (C=O) groups is 2. The van der Waals surface area contributed by atoms with Crippen molar-refractivity contribution in [1.29, 1.82) is 0 Å². The standard InChI is InChI=1S/C29H33Cl2N3O5S/c1-19(2)32-29(36)21(4)33(17-22-8-6-7-9-25(22)31)28(35)18-34(26-16-23(30)12-15-27(26)39-5)40(37,38)24-13-10-20(3)11-14-24/h6-16,19,21H,17-18H2,1-5H3,(H,32,36). The predicted molar refractivity (Wildman–Crippen MR) is 158 cm³/mol. The molecule has 11 heteroatoms. The van der Waals surface area contributed by atoms with Crippen molar-refractivity contribution in [2.24, 2.45) is 0 Å². The first-order valence-corrected chi connectivity index (χ1v) is 14.8. The summed E-state index contributed by atoms with van der Waals surface area (Å²) in [6.07, 6.45) is 0. The van der Waals surface area contributed by atoms with Gasteiger partial charge in [-0.05, 0) is 69.7 Å². The maximum absolute atomic E-state index is 14.0. The topological polar surface area (TPSA) is 96.0 Å². The molecule has 214 valence electrons. The molecule has 40 heavy (non-hydrogen) atoms. The van der Waals surface area contributed by atoms with E-state index in [9.17, 15) is 18.0 Å². The number of hydrogen-bond acceptors (Lipinski definition) is 5. The van der Waals surface area contributed by atoms with Gasteiger partial charge in [-0.1, -0.05) is 59.1 Å². The summed E-state index contributed by atoms with van der Waals surface area (Å²) >= 11 is 12.6. The summed E-state index contributed by atoms with van der Waals surface area (Å²) < 4.78 is 34.4. The van der Waals surface area contributed by atoms with E-state index in [2.05, 4.69) is 5.32 Å². The molecule has 0 saturated heterocycles. The van der Waals surface area contributed by atoms with Gasteiger partial charge in [-0.15, -0.1) is 0 Å². The highest BCUT2D eigenvalue weighted by atomic mass is 35.5. The van der Waals surface area contributed by atoms with Gasteiger partial charge >= 0.3 is 0 Å². The van der Waals surface area contributed by atoms with Crippen molar-refractivity contribution in [3.8, 4) is 5.75 Å². The molecule has 0 aliphatic carbocycles. The Morgan fingerprint density at radius 2 is 1.62 bits per heavy atom. The Morgan fingerprint density at radius 3 is 2.23 bits per heavy atom. The van der Waals surface area contributed by atoms with Crippen LogP contribution in [0.3, 0.4) is 0 Å². The van der Waals surface area contributed by atoms with Crippen LogP contribution in [0.25, 0.3) is 0 Å². The molecule has 0 aromatic heterocycles. The average molecular weight is 607 g/mol. The van der Waals surface area contributed by atoms with Gasteiger partial charge in [0.25, 0.3) is 10.0 Å². The van der Waals surface area contributed by atoms with E-state index < -0.39 is 28.5 Å². The monoisotopic (exact) mass is 605 g/mol. The van der Waals surface area contributed by atoms with E-state index >= 15 is 0 Å². The van der Waals surface area contributed by atoms with E-state index in [0.29, 0.717) is 10.6 Å². The highest BCUT2D eigenvalue weighted by molar-refractivity contribution is 7.92. The zero-order valence-electron chi connectivity index (χ0n) is 23.0. The number of aryl methyl sites for hydroxylation is 1. The van der Waals surface area contributed by atoms with E-state index in [1.165, 1.54) is 36.3 Å². The van der Waals surface area contributed by atoms with Crippen LogP contribution in [-0.4, -0.2) is 50.9 Å². The Kier molecular flexibility index (Phi) is 10.5. The Bertz CT molecular complexity index is 1460. The molecule has 0 saturated carbocycles. The lowest BCUT2D eigenvalue weighted by Gasteiger charge is -2.33. The van der Waals surface area contributed by atoms with E-state index in [-0.39, 0.29) is 39.8 Å². The Labute approximate surface area is 245 Å². The number of halogens is 2. The van der Waals surface area contributed by atoms with Gasteiger partial charge in [0.05, 0.1) is 17.7 Å². The summed E-state index contributed by atoms with van der Waals surface area (Å²) in [4.78, 5) is 28.3. The molecule has 1 N–H and O–H groups in total. The van der Waals surface area contributed by atoms with Crippen LogP contribution < -0.4 is 14.4 Å². The molecule has 3 rings (SSSR count). The fourth-order valence-corrected chi connectivity index (χ4v) is 5.79. The molecule has 1 unspecified atom stereocenters. The molecule has 0 aliphatic heterocycles. The molecular formula is C29H33Cl2N3O5S. The fourth-order valence-electron chi connectivity index (χ4n) is 4.01. The number of anilines is 1. The Hall–Kier alpha value is -3.27. The largest absolute Gasteiger partial charge is 0.495 e. The lowest BCUT2D eigenvalue weighted by atomic mass is 10.1. The van der Waals surface area contributed by atoms with Crippen LogP contribution in [0.15, 0.2) is 71.6 Å². The van der Waals surface area contributed by atoms with Gasteiger partial charge in [-0.3, -0.25) is 13.9 Å². The van der Waals surface area contributed by atoms with Gasteiger partial charge in [0.15, 0.2) is 0 Å². The molecule has 1 atom stereocenters. The highest BCUT2D eigenvalue weighted by Crippen LogP contribution is 2.35. The molecule has 0 fully saturated rings. The normalized spacial score (nSPS) is 12.1. The highest BCUT2D eigenvalue weighted by Gasteiger charge is 2.34. The smallest absolute Gasteiger partial charge is 0.264 e. The summed E-state index contributed by atoms with van der Waals surface area (Å²) in [6.45, 7) is 6.41. The van der Waals surface area contributed by atoms with Crippen molar-refractivity contribution in [2.75, 3.05) is 18.0 Å². The summed E-state index contributed by atoms with van der Waals surface area (Å²) in [5.74, 6) is -0.802. The molecular weight excluding hydrogens is 573 g/mol. The fraction of sp³-hybridized carbons (Fsp3) is 0.310.